The van der Waals surface area contributed by atoms with Crippen molar-refractivity contribution in [1.29, 1.82) is 0 Å². The predicted octanol–water partition coefficient (Wildman–Crippen LogP) is 1.09. The van der Waals surface area contributed by atoms with Crippen LogP contribution in [0.3, 0.4) is 0 Å². The second-order valence-electron chi connectivity index (χ2n) is 6.16. The van der Waals surface area contributed by atoms with E-state index in [2.05, 4.69) is 0 Å². The first-order valence-corrected chi connectivity index (χ1v) is 10.5. The van der Waals surface area contributed by atoms with E-state index >= 15 is 0 Å². The molecule has 2 saturated heterocycles. The quantitative estimate of drug-likeness (QED) is 0.822. The van der Waals surface area contributed by atoms with Crippen molar-refractivity contribution in [3.8, 4) is 0 Å². The topological polar surface area (TPSA) is 108 Å². The van der Waals surface area contributed by atoms with E-state index in [0.717, 1.165) is 22.2 Å². The van der Waals surface area contributed by atoms with Crippen LogP contribution in [0.1, 0.15) is 30.3 Å². The number of nitrogens with zero attached hydrogens (tertiary/aromatic N) is 2. The molecule has 2 atom stereocenters. The summed E-state index contributed by atoms with van der Waals surface area (Å²) >= 11 is 1.79. The summed E-state index contributed by atoms with van der Waals surface area (Å²) in [6.45, 7) is 3.49. The molecule has 2 aliphatic rings. The average Bonchev–Trinajstić information content (AvgIpc) is 3.24. The maximum atomic E-state index is 12.8. The summed E-state index contributed by atoms with van der Waals surface area (Å²) in [6, 6.07) is 1.47. The lowest BCUT2D eigenvalue weighted by Crippen LogP contribution is -2.51. The van der Waals surface area contributed by atoms with E-state index in [0.29, 0.717) is 31.2 Å². The second kappa shape index (κ2) is 7.00. The van der Waals surface area contributed by atoms with Gasteiger partial charge in [-0.2, -0.15) is 16.1 Å². The van der Waals surface area contributed by atoms with Crippen LogP contribution in [0, 0.1) is 0 Å². The highest BCUT2D eigenvalue weighted by molar-refractivity contribution is 8.00. The molecule has 138 valence electrons. The molecule has 0 saturated carbocycles. The maximum absolute atomic E-state index is 12.8. The first kappa shape index (κ1) is 18.3. The van der Waals surface area contributed by atoms with Gasteiger partial charge in [-0.1, -0.05) is 6.92 Å². The number of carbonyl (C=O) groups is 2. The molecule has 1 aromatic heterocycles. The van der Waals surface area contributed by atoms with Crippen molar-refractivity contribution < 1.29 is 27.5 Å². The van der Waals surface area contributed by atoms with E-state index in [4.69, 9.17) is 9.52 Å². The molecule has 3 rings (SSSR count). The normalized spacial score (nSPS) is 25.2. The number of amides is 1. The summed E-state index contributed by atoms with van der Waals surface area (Å²) in [5, 5.41) is 8.79. The maximum Gasteiger partial charge on any atom is 0.371 e. The molecule has 10 heteroatoms. The lowest BCUT2D eigenvalue weighted by Gasteiger charge is -2.34. The first-order valence-electron chi connectivity index (χ1n) is 8.06. The van der Waals surface area contributed by atoms with Crippen LogP contribution in [-0.4, -0.2) is 71.3 Å². The van der Waals surface area contributed by atoms with Gasteiger partial charge in [-0.15, -0.1) is 0 Å². The molecule has 2 aliphatic heterocycles. The number of carboxylic acid groups (broad SMARTS) is 1. The van der Waals surface area contributed by atoms with E-state index in [1.165, 1.54) is 0 Å². The monoisotopic (exact) mass is 388 g/mol. The smallest absolute Gasteiger partial charge is 0.371 e. The minimum atomic E-state index is -4.05. The lowest BCUT2D eigenvalue weighted by molar-refractivity contribution is -0.134. The van der Waals surface area contributed by atoms with Crippen LogP contribution in [0.25, 0.3) is 0 Å². The van der Waals surface area contributed by atoms with Crippen LogP contribution < -0.4 is 0 Å². The minimum Gasteiger partial charge on any atom is -0.475 e. The number of carbonyl (C=O) groups excluding carboxylic acids is 1. The molecule has 0 bridgehead atoms. The molecular weight excluding hydrogens is 368 g/mol. The Bertz CT molecular complexity index is 775. The molecule has 2 unspecified atom stereocenters. The summed E-state index contributed by atoms with van der Waals surface area (Å²) in [4.78, 5) is 25.5. The van der Waals surface area contributed by atoms with Gasteiger partial charge in [-0.25, -0.2) is 13.2 Å². The van der Waals surface area contributed by atoms with E-state index in [1.54, 1.807) is 16.7 Å². The number of furan rings is 1. The third kappa shape index (κ3) is 3.56. The van der Waals surface area contributed by atoms with Crippen LogP contribution in [0.15, 0.2) is 21.6 Å². The average molecular weight is 388 g/mol. The van der Waals surface area contributed by atoms with Crippen molar-refractivity contribution in [1.82, 2.24) is 9.21 Å². The van der Waals surface area contributed by atoms with E-state index in [1.807, 2.05) is 6.92 Å². The Morgan fingerprint density at radius 2 is 2.08 bits per heavy atom. The number of hydrogen-bond acceptors (Lipinski definition) is 6. The molecule has 3 heterocycles. The molecule has 2 fully saturated rings. The van der Waals surface area contributed by atoms with Gasteiger partial charge in [0.2, 0.25) is 16.8 Å². The van der Waals surface area contributed by atoms with Gasteiger partial charge in [0.05, 0.1) is 0 Å². The fraction of sp³-hybridized carbons (Fsp3) is 0.600. The van der Waals surface area contributed by atoms with Crippen molar-refractivity contribution in [3.05, 3.63) is 17.9 Å². The van der Waals surface area contributed by atoms with Gasteiger partial charge >= 0.3 is 5.97 Å². The summed E-state index contributed by atoms with van der Waals surface area (Å²) in [5.74, 6) is -1.12. The molecule has 1 aromatic rings. The highest BCUT2D eigenvalue weighted by Gasteiger charge is 2.43. The molecule has 0 aromatic carbocycles. The molecule has 25 heavy (non-hydrogen) atoms. The van der Waals surface area contributed by atoms with Gasteiger partial charge in [-0.3, -0.25) is 4.79 Å². The molecule has 1 N–H and O–H groups in total. The summed E-state index contributed by atoms with van der Waals surface area (Å²) in [7, 11) is -4.05. The highest BCUT2D eigenvalue weighted by Crippen LogP contribution is 2.29. The zero-order valence-corrected chi connectivity index (χ0v) is 15.4. The number of aromatic carboxylic acids is 1. The molecule has 1 amide bonds. The number of carboxylic acids is 1. The summed E-state index contributed by atoms with van der Waals surface area (Å²) in [5.41, 5.74) is 0. The van der Waals surface area contributed by atoms with Crippen molar-refractivity contribution in [3.63, 3.8) is 0 Å². The van der Waals surface area contributed by atoms with Gasteiger partial charge in [0.25, 0.3) is 10.0 Å². The van der Waals surface area contributed by atoms with Crippen LogP contribution in [0.2, 0.25) is 0 Å². The number of sulfonamides is 1. The summed E-state index contributed by atoms with van der Waals surface area (Å²) in [6.07, 6.45) is 1.04. The molecule has 8 nitrogen and oxygen atoms in total. The van der Waals surface area contributed by atoms with E-state index in [-0.39, 0.29) is 12.5 Å². The standard InChI is InChI=1S/C15H20N2O6S2/c1-10-9-16(7-8-24-10)14(18)11-3-2-6-17(11)25(21,22)13-5-4-12(23-13)15(19)20/h4-5,10-11H,2-3,6-9H2,1H3,(H,19,20). The number of hydrogen-bond donors (Lipinski definition) is 1. The van der Waals surface area contributed by atoms with E-state index in [9.17, 15) is 18.0 Å². The zero-order valence-electron chi connectivity index (χ0n) is 13.8. The Labute approximate surface area is 150 Å². The third-order valence-corrected chi connectivity index (χ3v) is 7.32. The number of thioether (sulfide) groups is 1. The molecule has 0 spiro atoms. The Kier molecular flexibility index (Phi) is 5.12. The van der Waals surface area contributed by atoms with Gasteiger partial charge in [-0.05, 0) is 25.0 Å². The van der Waals surface area contributed by atoms with Crippen molar-refractivity contribution in [2.24, 2.45) is 0 Å². The van der Waals surface area contributed by atoms with Crippen LogP contribution in [0.4, 0.5) is 0 Å². The lowest BCUT2D eigenvalue weighted by atomic mass is 10.2. The molecule has 0 radical (unpaired) electrons. The Balaban J connectivity index is 1.82. The van der Waals surface area contributed by atoms with Crippen LogP contribution in [0.5, 0.6) is 0 Å². The molecule has 0 aliphatic carbocycles. The van der Waals surface area contributed by atoms with Crippen molar-refractivity contribution in [2.75, 3.05) is 25.4 Å². The van der Waals surface area contributed by atoms with Crippen LogP contribution >= 0.6 is 11.8 Å². The van der Waals surface area contributed by atoms with Crippen LogP contribution in [-0.2, 0) is 14.8 Å². The fourth-order valence-corrected chi connectivity index (χ4v) is 5.77. The van der Waals surface area contributed by atoms with Crippen molar-refractivity contribution in [2.45, 2.75) is 36.1 Å². The van der Waals surface area contributed by atoms with Gasteiger partial charge in [0.1, 0.15) is 6.04 Å². The second-order valence-corrected chi connectivity index (χ2v) is 9.53. The zero-order chi connectivity index (χ0) is 18.2. The Morgan fingerprint density at radius 3 is 2.72 bits per heavy atom. The van der Waals surface area contributed by atoms with Crippen molar-refractivity contribution >= 4 is 33.7 Å². The minimum absolute atomic E-state index is 0.182. The Hall–Kier alpha value is -1.52. The number of rotatable bonds is 4. The van der Waals surface area contributed by atoms with Gasteiger partial charge < -0.3 is 14.4 Å². The van der Waals surface area contributed by atoms with Gasteiger partial charge in [0.15, 0.2) is 0 Å². The SMILES string of the molecule is CC1CN(C(=O)C2CCCN2S(=O)(=O)c2ccc(C(=O)O)o2)CCS1. The molecular formula is C15H20N2O6S2. The fourth-order valence-electron chi connectivity index (χ4n) is 3.19. The first-order chi connectivity index (χ1) is 11.8. The van der Waals surface area contributed by atoms with E-state index < -0.39 is 32.9 Å². The largest absolute Gasteiger partial charge is 0.475 e. The highest BCUT2D eigenvalue weighted by atomic mass is 32.2. The summed E-state index contributed by atoms with van der Waals surface area (Å²) < 4.78 is 31.7. The third-order valence-electron chi connectivity index (χ3n) is 4.40. The van der Waals surface area contributed by atoms with Gasteiger partial charge in [0, 0.05) is 30.6 Å². The predicted molar refractivity (Wildman–Crippen MR) is 91.1 cm³/mol. The Morgan fingerprint density at radius 1 is 1.32 bits per heavy atom.